The highest BCUT2D eigenvalue weighted by Crippen LogP contribution is 2.11. The lowest BCUT2D eigenvalue weighted by molar-refractivity contribution is -0.124. The largest absolute Gasteiger partial charge is 0.374 e. The number of nitrogens with one attached hydrogen (secondary N) is 1. The lowest BCUT2D eigenvalue weighted by Gasteiger charge is -2.25. The summed E-state index contributed by atoms with van der Waals surface area (Å²) in [7, 11) is 0. The monoisotopic (exact) mass is 250 g/mol. The Kier molecular flexibility index (Phi) is 5.31. The first-order valence-electron chi connectivity index (χ1n) is 6.18. The molecule has 0 heterocycles. The van der Waals surface area contributed by atoms with E-state index in [2.05, 4.69) is 5.32 Å². The quantitative estimate of drug-likeness (QED) is 0.806. The van der Waals surface area contributed by atoms with E-state index in [1.54, 1.807) is 0 Å². The highest BCUT2D eigenvalue weighted by atomic mass is 16.5. The maximum absolute atomic E-state index is 11.9. The standard InChI is InChI=1S/C14H22N2O2/c1-4-18-14(2,3)10-16-13(17)12(15)11-8-6-5-7-9-11/h5-9,12H,4,10,15H2,1-3H3,(H,16,17)/t12-/m1/s1. The Morgan fingerprint density at radius 3 is 2.56 bits per heavy atom. The molecule has 4 heteroatoms. The van der Waals surface area contributed by atoms with Crippen LogP contribution in [-0.2, 0) is 9.53 Å². The van der Waals surface area contributed by atoms with E-state index >= 15 is 0 Å². The topological polar surface area (TPSA) is 64.3 Å². The summed E-state index contributed by atoms with van der Waals surface area (Å²) in [6.07, 6.45) is 0. The van der Waals surface area contributed by atoms with Gasteiger partial charge in [0, 0.05) is 13.2 Å². The van der Waals surface area contributed by atoms with E-state index in [0.29, 0.717) is 13.2 Å². The van der Waals surface area contributed by atoms with Gasteiger partial charge in [-0.2, -0.15) is 0 Å². The van der Waals surface area contributed by atoms with Crippen LogP contribution in [-0.4, -0.2) is 24.7 Å². The molecule has 18 heavy (non-hydrogen) atoms. The van der Waals surface area contributed by atoms with Crippen molar-refractivity contribution in [2.24, 2.45) is 5.73 Å². The Hall–Kier alpha value is -1.39. The zero-order valence-corrected chi connectivity index (χ0v) is 11.3. The molecule has 1 atom stereocenters. The maximum atomic E-state index is 11.9. The van der Waals surface area contributed by atoms with Crippen molar-refractivity contribution in [3.8, 4) is 0 Å². The van der Waals surface area contributed by atoms with Crippen molar-refractivity contribution in [1.29, 1.82) is 0 Å². The fraction of sp³-hybridized carbons (Fsp3) is 0.500. The molecule has 0 saturated heterocycles. The number of carbonyl (C=O) groups excluding carboxylic acids is 1. The third-order valence-electron chi connectivity index (χ3n) is 2.66. The van der Waals surface area contributed by atoms with Crippen LogP contribution in [0, 0.1) is 0 Å². The van der Waals surface area contributed by atoms with Crippen molar-refractivity contribution in [2.45, 2.75) is 32.4 Å². The summed E-state index contributed by atoms with van der Waals surface area (Å²) in [4.78, 5) is 11.9. The van der Waals surface area contributed by atoms with Gasteiger partial charge in [-0.25, -0.2) is 0 Å². The van der Waals surface area contributed by atoms with E-state index in [9.17, 15) is 4.79 Å². The highest BCUT2D eigenvalue weighted by Gasteiger charge is 2.21. The van der Waals surface area contributed by atoms with Crippen molar-refractivity contribution < 1.29 is 9.53 Å². The van der Waals surface area contributed by atoms with Crippen molar-refractivity contribution in [3.63, 3.8) is 0 Å². The van der Waals surface area contributed by atoms with Gasteiger partial charge in [0.15, 0.2) is 0 Å². The molecule has 1 amide bonds. The summed E-state index contributed by atoms with van der Waals surface area (Å²) in [5.41, 5.74) is 6.32. The Labute approximate surface area is 109 Å². The van der Waals surface area contributed by atoms with Gasteiger partial charge in [-0.15, -0.1) is 0 Å². The summed E-state index contributed by atoms with van der Waals surface area (Å²) in [6.45, 7) is 6.86. The lowest BCUT2D eigenvalue weighted by atomic mass is 10.1. The van der Waals surface area contributed by atoms with Gasteiger partial charge < -0.3 is 15.8 Å². The number of hydrogen-bond donors (Lipinski definition) is 2. The average molecular weight is 250 g/mol. The molecule has 0 aliphatic heterocycles. The molecule has 4 nitrogen and oxygen atoms in total. The summed E-state index contributed by atoms with van der Waals surface area (Å²) in [5, 5.41) is 2.82. The molecule has 0 aromatic heterocycles. The number of benzene rings is 1. The van der Waals surface area contributed by atoms with E-state index in [0.717, 1.165) is 5.56 Å². The first-order chi connectivity index (χ1) is 8.46. The molecule has 3 N–H and O–H groups in total. The second-order valence-corrected chi connectivity index (χ2v) is 4.80. The van der Waals surface area contributed by atoms with Gasteiger partial charge in [0.2, 0.25) is 5.91 Å². The summed E-state index contributed by atoms with van der Waals surface area (Å²) in [5.74, 6) is -0.186. The van der Waals surface area contributed by atoms with Crippen molar-refractivity contribution >= 4 is 5.91 Å². The summed E-state index contributed by atoms with van der Waals surface area (Å²) < 4.78 is 5.51. The molecule has 0 unspecified atom stereocenters. The van der Waals surface area contributed by atoms with Crippen LogP contribution < -0.4 is 11.1 Å². The van der Waals surface area contributed by atoms with Gasteiger partial charge in [-0.3, -0.25) is 4.79 Å². The molecule has 0 fully saturated rings. The van der Waals surface area contributed by atoms with Gasteiger partial charge >= 0.3 is 0 Å². The SMILES string of the molecule is CCOC(C)(C)CNC(=O)[C@H](N)c1ccccc1. The fourth-order valence-electron chi connectivity index (χ4n) is 1.66. The predicted octanol–water partition coefficient (Wildman–Crippen LogP) is 1.62. The van der Waals surface area contributed by atoms with Gasteiger partial charge in [0.05, 0.1) is 5.60 Å². The summed E-state index contributed by atoms with van der Waals surface area (Å²) >= 11 is 0. The molecule has 0 bridgehead atoms. The average Bonchev–Trinajstić information content (AvgIpc) is 2.36. The molecule has 0 aliphatic carbocycles. The number of nitrogens with two attached hydrogens (primary N) is 1. The van der Waals surface area contributed by atoms with Crippen LogP contribution in [0.5, 0.6) is 0 Å². The number of hydrogen-bond acceptors (Lipinski definition) is 3. The number of carbonyl (C=O) groups is 1. The van der Waals surface area contributed by atoms with Crippen LogP contribution in [0.25, 0.3) is 0 Å². The second-order valence-electron chi connectivity index (χ2n) is 4.80. The van der Waals surface area contributed by atoms with Gasteiger partial charge in [-0.05, 0) is 26.3 Å². The Balaban J connectivity index is 2.51. The zero-order chi connectivity index (χ0) is 13.6. The molecule has 0 saturated carbocycles. The molecular weight excluding hydrogens is 228 g/mol. The fourth-order valence-corrected chi connectivity index (χ4v) is 1.66. The number of rotatable bonds is 6. The van der Waals surface area contributed by atoms with Crippen molar-refractivity contribution in [3.05, 3.63) is 35.9 Å². The Bertz CT molecular complexity index is 377. The third kappa shape index (κ3) is 4.47. The smallest absolute Gasteiger partial charge is 0.241 e. The van der Waals surface area contributed by atoms with Crippen LogP contribution >= 0.6 is 0 Å². The van der Waals surface area contributed by atoms with E-state index in [1.165, 1.54) is 0 Å². The van der Waals surface area contributed by atoms with E-state index in [1.807, 2.05) is 51.1 Å². The van der Waals surface area contributed by atoms with E-state index in [-0.39, 0.29) is 11.5 Å². The lowest BCUT2D eigenvalue weighted by Crippen LogP contribution is -2.43. The van der Waals surface area contributed by atoms with Crippen LogP contribution in [0.3, 0.4) is 0 Å². The van der Waals surface area contributed by atoms with Crippen LogP contribution in [0.2, 0.25) is 0 Å². The molecule has 100 valence electrons. The molecule has 0 spiro atoms. The first kappa shape index (κ1) is 14.7. The van der Waals surface area contributed by atoms with Gasteiger partial charge in [0.1, 0.15) is 6.04 Å². The Morgan fingerprint density at radius 1 is 1.39 bits per heavy atom. The normalized spacial score (nSPS) is 13.1. The predicted molar refractivity (Wildman–Crippen MR) is 72.1 cm³/mol. The number of amides is 1. The highest BCUT2D eigenvalue weighted by molar-refractivity contribution is 5.82. The van der Waals surface area contributed by atoms with Crippen LogP contribution in [0.1, 0.15) is 32.4 Å². The van der Waals surface area contributed by atoms with Crippen LogP contribution in [0.15, 0.2) is 30.3 Å². The molecule has 1 rings (SSSR count). The molecule has 1 aromatic carbocycles. The van der Waals surface area contributed by atoms with Crippen molar-refractivity contribution in [2.75, 3.05) is 13.2 Å². The van der Waals surface area contributed by atoms with Crippen molar-refractivity contribution in [1.82, 2.24) is 5.32 Å². The third-order valence-corrected chi connectivity index (χ3v) is 2.66. The molecule has 1 aromatic rings. The van der Waals surface area contributed by atoms with E-state index < -0.39 is 6.04 Å². The maximum Gasteiger partial charge on any atom is 0.241 e. The molecule has 0 radical (unpaired) electrons. The first-order valence-corrected chi connectivity index (χ1v) is 6.18. The Morgan fingerprint density at radius 2 is 2.00 bits per heavy atom. The molecular formula is C14H22N2O2. The zero-order valence-electron chi connectivity index (χ0n) is 11.3. The van der Waals surface area contributed by atoms with E-state index in [4.69, 9.17) is 10.5 Å². The number of ether oxygens (including phenoxy) is 1. The minimum absolute atomic E-state index is 0.186. The summed E-state index contributed by atoms with van der Waals surface area (Å²) in [6, 6.07) is 8.69. The minimum atomic E-state index is -0.636. The molecule has 0 aliphatic rings. The minimum Gasteiger partial charge on any atom is -0.374 e. The second kappa shape index (κ2) is 6.52. The van der Waals surface area contributed by atoms with Crippen LogP contribution in [0.4, 0.5) is 0 Å². The van der Waals surface area contributed by atoms with Gasteiger partial charge in [0.25, 0.3) is 0 Å². The van der Waals surface area contributed by atoms with Gasteiger partial charge in [-0.1, -0.05) is 30.3 Å².